The highest BCUT2D eigenvalue weighted by Gasteiger charge is 2.48. The van der Waals surface area contributed by atoms with Crippen LogP contribution in [0.2, 0.25) is 0 Å². The average Bonchev–Trinajstić information content (AvgIpc) is 2.54. The Hall–Kier alpha value is -0.750. The molecule has 0 bridgehead atoms. The molecule has 3 atom stereocenters. The number of ether oxygens (including phenoxy) is 2. The van der Waals surface area contributed by atoms with Gasteiger partial charge in [-0.2, -0.15) is 0 Å². The predicted molar refractivity (Wildman–Crippen MR) is 95.1 cm³/mol. The van der Waals surface area contributed by atoms with Gasteiger partial charge in [0.15, 0.2) is 0 Å². The molecule has 0 amide bonds. The number of benzene rings is 1. The third kappa shape index (κ3) is 5.88. The Balaban J connectivity index is 2.11. The van der Waals surface area contributed by atoms with Crippen LogP contribution in [0.25, 0.3) is 0 Å². The van der Waals surface area contributed by atoms with Crippen LogP contribution in [-0.2, 0) is 34.2 Å². The lowest BCUT2D eigenvalue weighted by atomic mass is 10.00. The van der Waals surface area contributed by atoms with Crippen molar-refractivity contribution < 1.29 is 27.6 Å². The van der Waals surface area contributed by atoms with Crippen LogP contribution in [0.4, 0.5) is 0 Å². The van der Waals surface area contributed by atoms with E-state index in [-0.39, 0.29) is 25.4 Å². The van der Waals surface area contributed by atoms with Gasteiger partial charge < -0.3 is 9.47 Å². The van der Waals surface area contributed by atoms with Crippen molar-refractivity contribution in [1.82, 2.24) is 0 Å². The molecule has 0 spiro atoms. The normalized spacial score (nSPS) is 27.4. The van der Waals surface area contributed by atoms with Crippen LogP contribution in [0, 0.1) is 0 Å². The summed E-state index contributed by atoms with van der Waals surface area (Å²) in [7, 11) is -3.72. The minimum Gasteiger partial charge on any atom is -0.368 e. The molecule has 25 heavy (non-hydrogen) atoms. The number of rotatable bonds is 9. The summed E-state index contributed by atoms with van der Waals surface area (Å²) in [6.45, 7) is 8.05. The first-order valence-corrected chi connectivity index (χ1v) is 10.3. The van der Waals surface area contributed by atoms with Gasteiger partial charge in [-0.25, -0.2) is 4.57 Å². The van der Waals surface area contributed by atoms with Gasteiger partial charge in [0.05, 0.1) is 25.9 Å². The van der Waals surface area contributed by atoms with Gasteiger partial charge >= 0.3 is 7.82 Å². The van der Waals surface area contributed by atoms with Crippen LogP contribution in [-0.4, -0.2) is 31.2 Å². The number of phosphoric acid groups is 1. The van der Waals surface area contributed by atoms with E-state index in [1.54, 1.807) is 20.8 Å². The van der Waals surface area contributed by atoms with E-state index in [9.17, 15) is 4.57 Å². The zero-order chi connectivity index (χ0) is 18.3. The van der Waals surface area contributed by atoms with Crippen molar-refractivity contribution in [2.45, 2.75) is 65.1 Å². The molecule has 0 radical (unpaired) electrons. The number of hydrogen-bond donors (Lipinski definition) is 0. The van der Waals surface area contributed by atoms with Gasteiger partial charge in [0.25, 0.3) is 0 Å². The fraction of sp³-hybridized carbons (Fsp3) is 0.667. The molecule has 0 N–H and O–H groups in total. The summed E-state index contributed by atoms with van der Waals surface area (Å²) in [5.41, 5.74) is 1.06. The van der Waals surface area contributed by atoms with Gasteiger partial charge in [-0.1, -0.05) is 30.3 Å². The minimum absolute atomic E-state index is 0.0294. The molecule has 1 heterocycles. The second-order valence-corrected chi connectivity index (χ2v) is 7.77. The Morgan fingerprint density at radius 3 is 2.40 bits per heavy atom. The van der Waals surface area contributed by atoms with E-state index >= 15 is 0 Å². The SMILES string of the molecule is CCOP(=O)(OCC)OC1(C)OC(C)CCC1OCc1ccccc1. The zero-order valence-electron chi connectivity index (χ0n) is 15.5. The van der Waals surface area contributed by atoms with Crippen molar-refractivity contribution >= 4 is 7.82 Å². The Morgan fingerprint density at radius 1 is 1.16 bits per heavy atom. The monoisotopic (exact) mass is 372 g/mol. The lowest BCUT2D eigenvalue weighted by Gasteiger charge is -2.43. The average molecular weight is 372 g/mol. The van der Waals surface area contributed by atoms with Gasteiger partial charge in [-0.15, -0.1) is 0 Å². The lowest BCUT2D eigenvalue weighted by Crippen LogP contribution is -2.51. The number of phosphoric ester groups is 1. The summed E-state index contributed by atoms with van der Waals surface area (Å²) in [6.07, 6.45) is 1.17. The summed E-state index contributed by atoms with van der Waals surface area (Å²) in [5, 5.41) is 0. The molecule has 1 fully saturated rings. The molecular formula is C18H29O6P. The molecule has 1 aromatic carbocycles. The van der Waals surface area contributed by atoms with Crippen molar-refractivity contribution in [3.63, 3.8) is 0 Å². The molecule has 0 aliphatic carbocycles. The van der Waals surface area contributed by atoms with Crippen LogP contribution in [0.1, 0.15) is 46.1 Å². The van der Waals surface area contributed by atoms with Gasteiger partial charge in [-0.3, -0.25) is 13.6 Å². The van der Waals surface area contributed by atoms with E-state index in [2.05, 4.69) is 0 Å². The van der Waals surface area contributed by atoms with Crippen molar-refractivity contribution in [3.05, 3.63) is 35.9 Å². The Bertz CT molecular complexity index is 556. The molecule has 3 unspecified atom stereocenters. The molecule has 1 aliphatic heterocycles. The van der Waals surface area contributed by atoms with E-state index in [4.69, 9.17) is 23.0 Å². The van der Waals surface area contributed by atoms with Crippen LogP contribution in [0.5, 0.6) is 0 Å². The molecule has 7 heteroatoms. The lowest BCUT2D eigenvalue weighted by molar-refractivity contribution is -0.289. The number of hydrogen-bond acceptors (Lipinski definition) is 6. The second-order valence-electron chi connectivity index (χ2n) is 6.18. The first-order chi connectivity index (χ1) is 11.9. The van der Waals surface area contributed by atoms with E-state index in [1.807, 2.05) is 37.3 Å². The Morgan fingerprint density at radius 2 is 1.80 bits per heavy atom. The highest BCUT2D eigenvalue weighted by atomic mass is 31.2. The molecule has 1 saturated heterocycles. The topological polar surface area (TPSA) is 63.2 Å². The Labute approximate surface area is 150 Å². The van der Waals surface area contributed by atoms with Crippen LogP contribution in [0.3, 0.4) is 0 Å². The van der Waals surface area contributed by atoms with Crippen LogP contribution >= 0.6 is 7.82 Å². The molecule has 0 aromatic heterocycles. The maximum atomic E-state index is 12.8. The van der Waals surface area contributed by atoms with Gasteiger partial charge in [0.1, 0.15) is 6.10 Å². The van der Waals surface area contributed by atoms with Crippen LogP contribution in [0.15, 0.2) is 30.3 Å². The van der Waals surface area contributed by atoms with Crippen LogP contribution < -0.4 is 0 Å². The summed E-state index contributed by atoms with van der Waals surface area (Å²) in [6, 6.07) is 9.88. The van der Waals surface area contributed by atoms with E-state index in [1.165, 1.54) is 0 Å². The summed E-state index contributed by atoms with van der Waals surface area (Å²) >= 11 is 0. The predicted octanol–water partition coefficient (Wildman–Crippen LogP) is 4.68. The fourth-order valence-corrected chi connectivity index (χ4v) is 4.31. The standard InChI is InChI=1S/C18H29O6P/c1-5-21-25(19,22-6-2)24-18(4)17(13-12-15(3)23-18)20-14-16-10-8-7-9-11-16/h7-11,15,17H,5-6,12-14H2,1-4H3. The Kier molecular flexibility index (Phi) is 7.62. The van der Waals surface area contributed by atoms with Crippen molar-refractivity contribution in [3.8, 4) is 0 Å². The molecule has 2 rings (SSSR count). The molecule has 1 aromatic rings. The third-order valence-corrected chi connectivity index (χ3v) is 5.75. The maximum Gasteiger partial charge on any atom is 0.477 e. The first kappa shape index (κ1) is 20.6. The highest BCUT2D eigenvalue weighted by molar-refractivity contribution is 7.48. The summed E-state index contributed by atoms with van der Waals surface area (Å²) in [4.78, 5) is 0. The van der Waals surface area contributed by atoms with E-state index < -0.39 is 13.6 Å². The summed E-state index contributed by atoms with van der Waals surface area (Å²) < 4.78 is 41.1. The summed E-state index contributed by atoms with van der Waals surface area (Å²) in [5.74, 6) is -1.20. The molecular weight excluding hydrogens is 343 g/mol. The molecule has 0 saturated carbocycles. The van der Waals surface area contributed by atoms with Crippen molar-refractivity contribution in [2.24, 2.45) is 0 Å². The smallest absolute Gasteiger partial charge is 0.368 e. The maximum absolute atomic E-state index is 12.8. The largest absolute Gasteiger partial charge is 0.477 e. The second kappa shape index (κ2) is 9.26. The molecule has 1 aliphatic rings. The first-order valence-electron chi connectivity index (χ1n) is 8.84. The van der Waals surface area contributed by atoms with E-state index in [0.717, 1.165) is 18.4 Å². The van der Waals surface area contributed by atoms with Gasteiger partial charge in [0, 0.05) is 0 Å². The van der Waals surface area contributed by atoms with Crippen molar-refractivity contribution in [2.75, 3.05) is 13.2 Å². The quantitative estimate of drug-likeness (QED) is 0.586. The highest BCUT2D eigenvalue weighted by Crippen LogP contribution is 2.55. The molecule has 6 nitrogen and oxygen atoms in total. The minimum atomic E-state index is -3.72. The van der Waals surface area contributed by atoms with Gasteiger partial charge in [-0.05, 0) is 46.1 Å². The zero-order valence-corrected chi connectivity index (χ0v) is 16.4. The van der Waals surface area contributed by atoms with Gasteiger partial charge in [0.2, 0.25) is 5.79 Å². The fourth-order valence-electron chi connectivity index (χ4n) is 2.90. The van der Waals surface area contributed by atoms with Crippen molar-refractivity contribution in [1.29, 1.82) is 0 Å². The molecule has 142 valence electrons. The van der Waals surface area contributed by atoms with E-state index in [0.29, 0.717) is 6.61 Å². The third-order valence-electron chi connectivity index (χ3n) is 4.02.